The van der Waals surface area contributed by atoms with Gasteiger partial charge in [0.2, 0.25) is 0 Å². The van der Waals surface area contributed by atoms with E-state index in [2.05, 4.69) is 20.1 Å². The number of nitrogen functional groups attached to an aromatic ring is 1. The molecule has 0 aliphatic rings. The highest BCUT2D eigenvalue weighted by atomic mass is 15.3. The van der Waals surface area contributed by atoms with Gasteiger partial charge in [-0.1, -0.05) is 0 Å². The second kappa shape index (κ2) is 3.76. The Kier molecular flexibility index (Phi) is 2.22. The largest absolute Gasteiger partial charge is 0.384 e. The Morgan fingerprint density at radius 3 is 2.78 bits per heavy atom. The van der Waals surface area contributed by atoms with Crippen molar-refractivity contribution in [2.75, 3.05) is 5.73 Å². The number of aryl methyl sites for hydroxylation is 2. The lowest BCUT2D eigenvalue weighted by Crippen LogP contribution is -1.97. The van der Waals surface area contributed by atoms with E-state index in [0.717, 1.165) is 22.6 Å². The second-order valence-electron chi connectivity index (χ2n) is 4.13. The third-order valence-electron chi connectivity index (χ3n) is 2.75. The van der Waals surface area contributed by atoms with Crippen LogP contribution >= 0.6 is 0 Å². The first kappa shape index (κ1) is 10.6. The molecule has 18 heavy (non-hydrogen) atoms. The average Bonchev–Trinajstić information content (AvgIpc) is 2.80. The molecule has 6 heteroatoms. The van der Waals surface area contributed by atoms with Crippen molar-refractivity contribution >= 4 is 11.5 Å². The van der Waals surface area contributed by atoms with Gasteiger partial charge in [-0.15, -0.1) is 5.10 Å². The molecule has 0 amide bonds. The van der Waals surface area contributed by atoms with Crippen LogP contribution in [0.3, 0.4) is 0 Å². The van der Waals surface area contributed by atoms with Crippen molar-refractivity contribution in [3.05, 3.63) is 35.9 Å². The second-order valence-corrected chi connectivity index (χ2v) is 4.13. The molecule has 0 bridgehead atoms. The molecule has 0 aliphatic heterocycles. The highest BCUT2D eigenvalue weighted by molar-refractivity contribution is 5.61. The lowest BCUT2D eigenvalue weighted by atomic mass is 10.2. The third kappa shape index (κ3) is 1.58. The van der Waals surface area contributed by atoms with E-state index in [4.69, 9.17) is 5.73 Å². The standard InChI is InChI=1S/C12H12N6/c1-7-6-15-8(2)12-16-11(17-18(7)12)9-3-4-14-10(13)5-9/h3-6H,1-2H3,(H2,13,14). The Bertz CT molecular complexity index is 692. The number of aromatic nitrogens is 5. The predicted octanol–water partition coefficient (Wildman–Crippen LogP) is 1.39. The van der Waals surface area contributed by atoms with E-state index >= 15 is 0 Å². The smallest absolute Gasteiger partial charge is 0.182 e. The number of hydrogen-bond acceptors (Lipinski definition) is 5. The molecule has 3 aromatic heterocycles. The summed E-state index contributed by atoms with van der Waals surface area (Å²) in [5.74, 6) is 1.08. The Hall–Kier alpha value is -2.50. The van der Waals surface area contributed by atoms with Crippen LogP contribution in [0.25, 0.3) is 17.0 Å². The molecule has 0 spiro atoms. The van der Waals surface area contributed by atoms with Gasteiger partial charge in [0.25, 0.3) is 0 Å². The minimum Gasteiger partial charge on any atom is -0.384 e. The van der Waals surface area contributed by atoms with Gasteiger partial charge in [-0.25, -0.2) is 14.5 Å². The maximum absolute atomic E-state index is 5.66. The number of fused-ring (bicyclic) bond motifs is 1. The molecule has 0 radical (unpaired) electrons. The Labute approximate surface area is 104 Å². The molecule has 3 aromatic rings. The Balaban J connectivity index is 2.26. The summed E-state index contributed by atoms with van der Waals surface area (Å²) in [5.41, 5.74) is 9.07. The maximum atomic E-state index is 5.66. The first-order chi connectivity index (χ1) is 8.65. The summed E-state index contributed by atoms with van der Waals surface area (Å²) in [5, 5.41) is 4.47. The van der Waals surface area contributed by atoms with E-state index in [0.29, 0.717) is 11.6 Å². The van der Waals surface area contributed by atoms with Crippen molar-refractivity contribution in [3.63, 3.8) is 0 Å². The van der Waals surface area contributed by atoms with Gasteiger partial charge in [0.05, 0.1) is 11.4 Å². The maximum Gasteiger partial charge on any atom is 0.182 e. The molecule has 90 valence electrons. The summed E-state index contributed by atoms with van der Waals surface area (Å²) in [4.78, 5) is 12.7. The molecule has 0 saturated carbocycles. The molecule has 0 saturated heterocycles. The van der Waals surface area contributed by atoms with Crippen LogP contribution in [0, 0.1) is 13.8 Å². The molecular formula is C12H12N6. The van der Waals surface area contributed by atoms with Crippen LogP contribution in [-0.2, 0) is 0 Å². The van der Waals surface area contributed by atoms with E-state index in [1.165, 1.54) is 0 Å². The van der Waals surface area contributed by atoms with Crippen molar-refractivity contribution < 1.29 is 0 Å². The van der Waals surface area contributed by atoms with Gasteiger partial charge in [-0.2, -0.15) is 0 Å². The summed E-state index contributed by atoms with van der Waals surface area (Å²) >= 11 is 0. The molecular weight excluding hydrogens is 228 g/mol. The van der Waals surface area contributed by atoms with Crippen molar-refractivity contribution in [1.29, 1.82) is 0 Å². The van der Waals surface area contributed by atoms with Crippen LogP contribution in [-0.4, -0.2) is 24.6 Å². The Morgan fingerprint density at radius 2 is 2.06 bits per heavy atom. The van der Waals surface area contributed by atoms with Crippen molar-refractivity contribution in [2.45, 2.75) is 13.8 Å². The fraction of sp³-hybridized carbons (Fsp3) is 0.167. The average molecular weight is 240 g/mol. The van der Waals surface area contributed by atoms with Crippen molar-refractivity contribution in [1.82, 2.24) is 24.6 Å². The van der Waals surface area contributed by atoms with E-state index in [1.54, 1.807) is 23.0 Å². The monoisotopic (exact) mass is 240 g/mol. The molecule has 0 aliphatic carbocycles. The Morgan fingerprint density at radius 1 is 1.22 bits per heavy atom. The van der Waals surface area contributed by atoms with E-state index < -0.39 is 0 Å². The third-order valence-corrected chi connectivity index (χ3v) is 2.75. The molecule has 2 N–H and O–H groups in total. The van der Waals surface area contributed by atoms with E-state index in [1.807, 2.05) is 19.9 Å². The quantitative estimate of drug-likeness (QED) is 0.695. The van der Waals surface area contributed by atoms with Crippen LogP contribution in [0.2, 0.25) is 0 Å². The first-order valence-corrected chi connectivity index (χ1v) is 5.56. The number of hydrogen-bond donors (Lipinski definition) is 1. The van der Waals surface area contributed by atoms with E-state index in [9.17, 15) is 0 Å². The van der Waals surface area contributed by atoms with Gasteiger partial charge in [-0.3, -0.25) is 4.98 Å². The topological polar surface area (TPSA) is 82.0 Å². The number of pyridine rings is 1. The van der Waals surface area contributed by atoms with Gasteiger partial charge < -0.3 is 5.73 Å². The summed E-state index contributed by atoms with van der Waals surface area (Å²) in [6.45, 7) is 3.85. The van der Waals surface area contributed by atoms with Crippen LogP contribution in [0.1, 0.15) is 11.4 Å². The molecule has 0 atom stereocenters. The van der Waals surface area contributed by atoms with Gasteiger partial charge >= 0.3 is 0 Å². The van der Waals surface area contributed by atoms with Gasteiger partial charge in [0, 0.05) is 18.0 Å². The SMILES string of the molecule is Cc1ncc(C)n2nc(-c3ccnc(N)c3)nc12. The number of nitrogens with zero attached hydrogens (tertiary/aromatic N) is 5. The molecule has 3 heterocycles. The van der Waals surface area contributed by atoms with Crippen molar-refractivity contribution in [2.24, 2.45) is 0 Å². The van der Waals surface area contributed by atoms with Gasteiger partial charge in [0.15, 0.2) is 11.5 Å². The lowest BCUT2D eigenvalue weighted by Gasteiger charge is -1.97. The molecule has 6 nitrogen and oxygen atoms in total. The molecule has 0 unspecified atom stereocenters. The molecule has 0 aromatic carbocycles. The zero-order valence-corrected chi connectivity index (χ0v) is 10.1. The zero-order chi connectivity index (χ0) is 12.7. The van der Waals surface area contributed by atoms with Gasteiger partial charge in [0.1, 0.15) is 5.82 Å². The summed E-state index contributed by atoms with van der Waals surface area (Å²) in [6, 6.07) is 3.59. The minimum absolute atomic E-state index is 0.456. The highest BCUT2D eigenvalue weighted by Crippen LogP contribution is 2.18. The normalized spacial score (nSPS) is 11.0. The fourth-order valence-corrected chi connectivity index (χ4v) is 1.80. The summed E-state index contributed by atoms with van der Waals surface area (Å²) in [6.07, 6.45) is 3.43. The van der Waals surface area contributed by atoms with E-state index in [-0.39, 0.29) is 0 Å². The van der Waals surface area contributed by atoms with Crippen LogP contribution in [0.5, 0.6) is 0 Å². The number of anilines is 1. The summed E-state index contributed by atoms with van der Waals surface area (Å²) in [7, 11) is 0. The van der Waals surface area contributed by atoms with Crippen LogP contribution < -0.4 is 5.73 Å². The zero-order valence-electron chi connectivity index (χ0n) is 10.1. The lowest BCUT2D eigenvalue weighted by molar-refractivity contribution is 0.891. The minimum atomic E-state index is 0.456. The first-order valence-electron chi connectivity index (χ1n) is 5.56. The highest BCUT2D eigenvalue weighted by Gasteiger charge is 2.10. The fourth-order valence-electron chi connectivity index (χ4n) is 1.80. The van der Waals surface area contributed by atoms with Crippen LogP contribution in [0.4, 0.5) is 5.82 Å². The van der Waals surface area contributed by atoms with Gasteiger partial charge in [-0.05, 0) is 26.0 Å². The van der Waals surface area contributed by atoms with Crippen LogP contribution in [0.15, 0.2) is 24.5 Å². The number of rotatable bonds is 1. The number of nitrogens with two attached hydrogens (primary N) is 1. The van der Waals surface area contributed by atoms with Crippen molar-refractivity contribution in [3.8, 4) is 11.4 Å². The summed E-state index contributed by atoms with van der Waals surface area (Å²) < 4.78 is 1.79. The molecule has 3 rings (SSSR count). The predicted molar refractivity (Wildman–Crippen MR) is 67.9 cm³/mol. The molecule has 0 fully saturated rings.